The normalized spacial score (nSPS) is 14.8. The molecule has 1 saturated heterocycles. The molecule has 0 saturated carbocycles. The second kappa shape index (κ2) is 12.4. The van der Waals surface area contributed by atoms with E-state index in [4.69, 9.17) is 23.2 Å². The van der Waals surface area contributed by atoms with Crippen LogP contribution in [0.4, 0.5) is 10.1 Å². The van der Waals surface area contributed by atoms with Gasteiger partial charge in [-0.05, 0) is 78.2 Å². The number of carbonyl (C=O) groups is 1. The monoisotopic (exact) mass is 626 g/mol. The molecular weight excluding hydrogens is 598 g/mol. The largest absolute Gasteiger partial charge is 0.346 e. The molecule has 5 rings (SSSR count). The maximum absolute atomic E-state index is 14.9. The van der Waals surface area contributed by atoms with Gasteiger partial charge in [-0.2, -0.15) is 0 Å². The summed E-state index contributed by atoms with van der Waals surface area (Å²) in [5.41, 5.74) is 2.92. The zero-order valence-electron chi connectivity index (χ0n) is 22.9. The van der Waals surface area contributed by atoms with E-state index in [1.54, 1.807) is 31.5 Å². The highest BCUT2D eigenvalue weighted by molar-refractivity contribution is 7.92. The summed E-state index contributed by atoms with van der Waals surface area (Å²) >= 11 is 12.3. The molecule has 0 spiro atoms. The third kappa shape index (κ3) is 6.76. The Labute approximate surface area is 254 Å². The Hall–Kier alpha value is -3.50. The molecule has 3 aromatic carbocycles. The first kappa shape index (κ1) is 30.0. The Balaban J connectivity index is 1.40. The zero-order chi connectivity index (χ0) is 30.0. The number of aromatic nitrogens is 1. The summed E-state index contributed by atoms with van der Waals surface area (Å²) in [4.78, 5) is 19.2. The third-order valence-corrected chi connectivity index (χ3v) is 9.00. The first-order valence-electron chi connectivity index (χ1n) is 13.3. The molecule has 2 heterocycles. The number of nitrogens with one attached hydrogen (secondary N) is 1. The first-order valence-corrected chi connectivity index (χ1v) is 15.9. The maximum atomic E-state index is 14.9. The van der Waals surface area contributed by atoms with E-state index in [0.717, 1.165) is 35.1 Å². The summed E-state index contributed by atoms with van der Waals surface area (Å²) < 4.78 is 42.2. The second-order valence-electron chi connectivity index (χ2n) is 10.3. The topological polar surface area (TPSA) is 82.6 Å². The second-order valence-corrected chi connectivity index (χ2v) is 13.1. The van der Waals surface area contributed by atoms with Crippen LogP contribution in [0.3, 0.4) is 0 Å². The number of nitrogens with zero attached hydrogens (tertiary/aromatic N) is 3. The van der Waals surface area contributed by atoms with Crippen LogP contribution in [-0.4, -0.2) is 49.6 Å². The standard InChI is InChI=1S/C31H29Cl2FN4O3S/c1-20(21-11-13-35-14-12-21)36-31(39)24-15-27(34)17-28(16-24)38(42(2,40)41)29-18-37(19-29)30(22-3-7-25(32)8-4-22)23-5-9-26(33)10-6-23/h3-17,20,29-30H,18-19H2,1-2H3,(H,36,39). The molecule has 7 nitrogen and oxygen atoms in total. The van der Waals surface area contributed by atoms with E-state index in [9.17, 15) is 17.6 Å². The minimum atomic E-state index is -3.83. The van der Waals surface area contributed by atoms with Crippen molar-refractivity contribution in [2.45, 2.75) is 25.0 Å². The van der Waals surface area contributed by atoms with E-state index in [0.29, 0.717) is 23.1 Å². The fourth-order valence-corrected chi connectivity index (χ4v) is 6.69. The van der Waals surface area contributed by atoms with Crippen LogP contribution in [0.1, 0.15) is 46.1 Å². The third-order valence-electron chi connectivity index (χ3n) is 7.27. The van der Waals surface area contributed by atoms with Gasteiger partial charge in [0.2, 0.25) is 10.0 Å². The van der Waals surface area contributed by atoms with Gasteiger partial charge in [0.15, 0.2) is 0 Å². The smallest absolute Gasteiger partial charge is 0.251 e. The number of sulfonamides is 1. The van der Waals surface area contributed by atoms with Crippen LogP contribution in [0.5, 0.6) is 0 Å². The summed E-state index contributed by atoms with van der Waals surface area (Å²) in [6, 6.07) is 21.2. The lowest BCUT2D eigenvalue weighted by molar-refractivity contribution is 0.0939. The molecule has 1 aromatic heterocycles. The lowest BCUT2D eigenvalue weighted by Gasteiger charge is -2.48. The lowest BCUT2D eigenvalue weighted by Crippen LogP contribution is -2.61. The number of anilines is 1. The molecular formula is C31H29Cl2FN4O3S. The highest BCUT2D eigenvalue weighted by atomic mass is 35.5. The van der Waals surface area contributed by atoms with Crippen LogP contribution in [0.15, 0.2) is 91.3 Å². The number of hydrogen-bond donors (Lipinski definition) is 1. The minimum Gasteiger partial charge on any atom is -0.346 e. The van der Waals surface area contributed by atoms with Crippen LogP contribution in [0, 0.1) is 5.82 Å². The average Bonchev–Trinajstić information content (AvgIpc) is 2.93. The van der Waals surface area contributed by atoms with Crippen LogP contribution < -0.4 is 9.62 Å². The van der Waals surface area contributed by atoms with Gasteiger partial charge >= 0.3 is 0 Å². The van der Waals surface area contributed by atoms with Gasteiger partial charge in [0.1, 0.15) is 5.82 Å². The average molecular weight is 628 g/mol. The number of benzene rings is 3. The van der Waals surface area contributed by atoms with E-state index in [1.807, 2.05) is 48.5 Å². The molecule has 1 unspecified atom stereocenters. The predicted octanol–water partition coefficient (Wildman–Crippen LogP) is 6.26. The molecule has 1 amide bonds. The van der Waals surface area contributed by atoms with Gasteiger partial charge in [-0.15, -0.1) is 0 Å². The van der Waals surface area contributed by atoms with E-state index >= 15 is 0 Å². The first-order chi connectivity index (χ1) is 20.0. The molecule has 0 aliphatic carbocycles. The molecule has 1 aliphatic heterocycles. The molecule has 0 radical (unpaired) electrons. The fourth-order valence-electron chi connectivity index (χ4n) is 5.27. The van der Waals surface area contributed by atoms with Crippen molar-refractivity contribution < 1.29 is 17.6 Å². The van der Waals surface area contributed by atoms with Gasteiger partial charge in [0.05, 0.1) is 30.1 Å². The molecule has 11 heteroatoms. The van der Waals surface area contributed by atoms with Crippen molar-refractivity contribution >= 4 is 44.8 Å². The van der Waals surface area contributed by atoms with E-state index in [1.165, 1.54) is 10.4 Å². The number of halogens is 3. The lowest BCUT2D eigenvalue weighted by atomic mass is 9.93. The summed E-state index contributed by atoms with van der Waals surface area (Å²) in [5, 5.41) is 4.06. The van der Waals surface area contributed by atoms with Crippen molar-refractivity contribution in [3.8, 4) is 0 Å². The van der Waals surface area contributed by atoms with Crippen molar-refractivity contribution in [1.82, 2.24) is 15.2 Å². The van der Waals surface area contributed by atoms with Gasteiger partial charge in [0.25, 0.3) is 5.91 Å². The Morgan fingerprint density at radius 1 is 0.929 bits per heavy atom. The Morgan fingerprint density at radius 3 is 2.00 bits per heavy atom. The molecule has 0 bridgehead atoms. The van der Waals surface area contributed by atoms with Crippen molar-refractivity contribution in [3.05, 3.63) is 129 Å². The fraction of sp³-hybridized carbons (Fsp3) is 0.226. The van der Waals surface area contributed by atoms with Crippen molar-refractivity contribution in [3.63, 3.8) is 0 Å². The highest BCUT2D eigenvalue weighted by Crippen LogP contribution is 2.37. The predicted molar refractivity (Wildman–Crippen MR) is 164 cm³/mol. The molecule has 42 heavy (non-hydrogen) atoms. The number of amides is 1. The van der Waals surface area contributed by atoms with E-state index < -0.39 is 27.8 Å². The van der Waals surface area contributed by atoms with Gasteiger partial charge in [-0.3, -0.25) is 19.0 Å². The van der Waals surface area contributed by atoms with E-state index in [-0.39, 0.29) is 23.3 Å². The quantitative estimate of drug-likeness (QED) is 0.237. The molecule has 1 N–H and O–H groups in total. The molecule has 4 aromatic rings. The van der Waals surface area contributed by atoms with Crippen molar-refractivity contribution in [2.24, 2.45) is 0 Å². The summed E-state index contributed by atoms with van der Waals surface area (Å²) in [5.74, 6) is -1.23. The molecule has 1 atom stereocenters. The number of carbonyl (C=O) groups excluding carboxylic acids is 1. The molecule has 1 aliphatic rings. The molecule has 218 valence electrons. The van der Waals surface area contributed by atoms with Gasteiger partial charge in [0, 0.05) is 41.1 Å². The summed E-state index contributed by atoms with van der Waals surface area (Å²) in [6.45, 7) is 2.55. The molecule has 1 fully saturated rings. The van der Waals surface area contributed by atoms with Gasteiger partial charge < -0.3 is 5.32 Å². The Morgan fingerprint density at radius 2 is 1.48 bits per heavy atom. The van der Waals surface area contributed by atoms with Crippen LogP contribution in [0.2, 0.25) is 10.0 Å². The number of hydrogen-bond acceptors (Lipinski definition) is 5. The van der Waals surface area contributed by atoms with Crippen LogP contribution in [-0.2, 0) is 10.0 Å². The highest BCUT2D eigenvalue weighted by Gasteiger charge is 2.41. The van der Waals surface area contributed by atoms with Crippen molar-refractivity contribution in [2.75, 3.05) is 23.7 Å². The summed E-state index contributed by atoms with van der Waals surface area (Å²) in [7, 11) is -3.83. The SMILES string of the molecule is CC(NC(=O)c1cc(F)cc(N(C2CN(C(c3ccc(Cl)cc3)c3ccc(Cl)cc3)C2)S(C)(=O)=O)c1)c1ccncc1. The van der Waals surface area contributed by atoms with Gasteiger partial charge in [-0.1, -0.05) is 47.5 Å². The van der Waals surface area contributed by atoms with Gasteiger partial charge in [-0.25, -0.2) is 12.8 Å². The van der Waals surface area contributed by atoms with Crippen LogP contribution >= 0.6 is 23.2 Å². The van der Waals surface area contributed by atoms with Crippen molar-refractivity contribution in [1.29, 1.82) is 0 Å². The zero-order valence-corrected chi connectivity index (χ0v) is 25.2. The number of rotatable bonds is 9. The minimum absolute atomic E-state index is 0.0240. The van der Waals surface area contributed by atoms with Crippen LogP contribution in [0.25, 0.3) is 0 Å². The number of likely N-dealkylation sites (tertiary alicyclic amines) is 1. The van der Waals surface area contributed by atoms with E-state index in [2.05, 4.69) is 15.2 Å². The Kier molecular flexibility index (Phi) is 8.84. The summed E-state index contributed by atoms with van der Waals surface area (Å²) in [6.07, 6.45) is 4.32. The Bertz CT molecular complexity index is 1620. The maximum Gasteiger partial charge on any atom is 0.251 e. The number of pyridine rings is 1.